The maximum absolute atomic E-state index is 11.6. The second-order valence-electron chi connectivity index (χ2n) is 6.28. The minimum atomic E-state index is -0.503. The zero-order valence-electron chi connectivity index (χ0n) is 16.6. The van der Waals surface area contributed by atoms with Gasteiger partial charge in [0.1, 0.15) is 6.61 Å². The van der Waals surface area contributed by atoms with E-state index in [4.69, 9.17) is 21.7 Å². The van der Waals surface area contributed by atoms with Gasteiger partial charge in [-0.25, -0.2) is 0 Å². The van der Waals surface area contributed by atoms with Crippen LogP contribution in [0.1, 0.15) is 11.1 Å². The van der Waals surface area contributed by atoms with Crippen molar-refractivity contribution in [2.45, 2.75) is 6.61 Å². The van der Waals surface area contributed by atoms with Gasteiger partial charge in [-0.15, -0.1) is 0 Å². The number of rotatable bonds is 8. The second kappa shape index (κ2) is 10.7. The summed E-state index contributed by atoms with van der Waals surface area (Å²) in [6, 6.07) is 21.6. The molecule has 0 fully saturated rings. The third-order valence-corrected chi connectivity index (χ3v) is 4.34. The first-order valence-electron chi connectivity index (χ1n) is 9.25. The predicted octanol–water partition coefficient (Wildman–Crippen LogP) is 4.50. The second-order valence-corrected chi connectivity index (χ2v) is 6.69. The van der Waals surface area contributed by atoms with Gasteiger partial charge in [-0.2, -0.15) is 5.10 Å². The van der Waals surface area contributed by atoms with E-state index < -0.39 is 4.92 Å². The predicted molar refractivity (Wildman–Crippen MR) is 124 cm³/mol. The SMILES string of the molecule is COc1cc(/C=N\NC(=S)Nc2ccccc2)c([N+](=O)[O-])cc1OCc1ccccc1. The molecule has 0 radical (unpaired) electrons. The first-order chi connectivity index (χ1) is 15.1. The molecule has 0 amide bonds. The maximum Gasteiger partial charge on any atom is 0.282 e. The largest absolute Gasteiger partial charge is 0.493 e. The van der Waals surface area contributed by atoms with Crippen LogP contribution >= 0.6 is 12.2 Å². The summed E-state index contributed by atoms with van der Waals surface area (Å²) in [6.07, 6.45) is 1.31. The first kappa shape index (κ1) is 21.7. The van der Waals surface area contributed by atoms with Gasteiger partial charge in [-0.05, 0) is 36.0 Å². The zero-order valence-corrected chi connectivity index (χ0v) is 17.5. The van der Waals surface area contributed by atoms with Gasteiger partial charge >= 0.3 is 0 Å². The number of nitrogens with one attached hydrogen (secondary N) is 2. The molecule has 0 unspecified atom stereocenters. The van der Waals surface area contributed by atoms with E-state index in [0.29, 0.717) is 5.75 Å². The molecule has 3 aromatic rings. The Bertz CT molecular complexity index is 1080. The maximum atomic E-state index is 11.6. The van der Waals surface area contributed by atoms with Gasteiger partial charge in [0.05, 0.1) is 29.9 Å². The molecule has 0 bridgehead atoms. The zero-order chi connectivity index (χ0) is 22.1. The van der Waals surface area contributed by atoms with Crippen molar-refractivity contribution in [2.24, 2.45) is 5.10 Å². The summed E-state index contributed by atoms with van der Waals surface area (Å²) < 4.78 is 11.1. The van der Waals surface area contributed by atoms with Gasteiger partial charge in [0.15, 0.2) is 16.6 Å². The van der Waals surface area contributed by atoms with E-state index in [1.807, 2.05) is 60.7 Å². The Labute approximate surface area is 184 Å². The molecule has 0 atom stereocenters. The van der Waals surface area contributed by atoms with E-state index in [1.165, 1.54) is 25.5 Å². The average Bonchev–Trinajstić information content (AvgIpc) is 2.79. The molecule has 31 heavy (non-hydrogen) atoms. The van der Waals surface area contributed by atoms with Crippen LogP contribution < -0.4 is 20.2 Å². The molecule has 0 aliphatic heterocycles. The van der Waals surface area contributed by atoms with Crippen LogP contribution in [-0.4, -0.2) is 23.4 Å². The molecule has 8 nitrogen and oxygen atoms in total. The van der Waals surface area contributed by atoms with Crippen LogP contribution in [0.4, 0.5) is 11.4 Å². The quantitative estimate of drug-likeness (QED) is 0.232. The fourth-order valence-corrected chi connectivity index (χ4v) is 2.85. The standard InChI is InChI=1S/C22H20N4O4S/c1-29-20-12-17(14-23-25-22(31)24-18-10-6-3-7-11-18)19(26(27)28)13-21(20)30-15-16-8-4-2-5-9-16/h2-14H,15H2,1H3,(H2,24,25,31)/b23-14-. The Morgan fingerprint density at radius 1 is 1.10 bits per heavy atom. The van der Waals surface area contributed by atoms with Gasteiger partial charge in [-0.1, -0.05) is 48.5 Å². The topological polar surface area (TPSA) is 98.0 Å². The average molecular weight is 436 g/mol. The monoisotopic (exact) mass is 436 g/mol. The van der Waals surface area contributed by atoms with Crippen molar-refractivity contribution in [1.82, 2.24) is 5.43 Å². The lowest BCUT2D eigenvalue weighted by atomic mass is 10.1. The molecule has 0 heterocycles. The summed E-state index contributed by atoms with van der Waals surface area (Å²) in [5.74, 6) is 0.623. The number of methoxy groups -OCH3 is 1. The smallest absolute Gasteiger partial charge is 0.282 e. The molecule has 2 N–H and O–H groups in total. The van der Waals surface area contributed by atoms with Gasteiger partial charge in [-0.3, -0.25) is 15.5 Å². The van der Waals surface area contributed by atoms with Crippen molar-refractivity contribution >= 4 is 34.9 Å². The van der Waals surface area contributed by atoms with Crippen LogP contribution in [0.15, 0.2) is 77.9 Å². The number of hydrogen-bond donors (Lipinski definition) is 2. The fourth-order valence-electron chi connectivity index (χ4n) is 2.68. The van der Waals surface area contributed by atoms with E-state index in [9.17, 15) is 10.1 Å². The third-order valence-electron chi connectivity index (χ3n) is 4.15. The molecule has 3 rings (SSSR count). The van der Waals surface area contributed by atoms with E-state index >= 15 is 0 Å². The Morgan fingerprint density at radius 2 is 1.77 bits per heavy atom. The Kier molecular flexibility index (Phi) is 7.50. The van der Waals surface area contributed by atoms with E-state index in [-0.39, 0.29) is 28.7 Å². The normalized spacial score (nSPS) is 10.5. The summed E-state index contributed by atoms with van der Waals surface area (Å²) in [5, 5.41) is 18.8. The summed E-state index contributed by atoms with van der Waals surface area (Å²) in [7, 11) is 1.47. The summed E-state index contributed by atoms with van der Waals surface area (Å²) in [6.45, 7) is 0.253. The molecule has 3 aromatic carbocycles. The number of hydrogen-bond acceptors (Lipinski definition) is 6. The highest BCUT2D eigenvalue weighted by Crippen LogP contribution is 2.34. The molecular weight excluding hydrogens is 416 g/mol. The van der Waals surface area contributed by atoms with Crippen molar-refractivity contribution in [2.75, 3.05) is 12.4 Å². The number of thiocarbonyl (C=S) groups is 1. The number of para-hydroxylation sites is 1. The van der Waals surface area contributed by atoms with E-state index in [1.54, 1.807) is 0 Å². The van der Waals surface area contributed by atoms with Crippen molar-refractivity contribution in [3.63, 3.8) is 0 Å². The molecular formula is C22H20N4O4S. The van der Waals surface area contributed by atoms with E-state index in [0.717, 1.165) is 11.3 Å². The Balaban J connectivity index is 1.73. The number of benzene rings is 3. The molecule has 0 aliphatic rings. The van der Waals surface area contributed by atoms with Gasteiger partial charge in [0.25, 0.3) is 5.69 Å². The highest BCUT2D eigenvalue weighted by Gasteiger charge is 2.19. The van der Waals surface area contributed by atoms with Crippen LogP contribution in [0.3, 0.4) is 0 Å². The third kappa shape index (κ3) is 6.25. The Morgan fingerprint density at radius 3 is 2.42 bits per heavy atom. The van der Waals surface area contributed by atoms with Crippen molar-refractivity contribution in [3.8, 4) is 11.5 Å². The molecule has 0 spiro atoms. The van der Waals surface area contributed by atoms with Gasteiger partial charge in [0, 0.05) is 5.69 Å². The summed E-state index contributed by atoms with van der Waals surface area (Å²) in [4.78, 5) is 11.1. The van der Waals surface area contributed by atoms with Crippen LogP contribution in [0.25, 0.3) is 0 Å². The molecule has 0 aliphatic carbocycles. The lowest BCUT2D eigenvalue weighted by Crippen LogP contribution is -2.23. The summed E-state index contributed by atoms with van der Waals surface area (Å²) in [5.41, 5.74) is 4.44. The van der Waals surface area contributed by atoms with Crippen LogP contribution in [0, 0.1) is 10.1 Å². The number of anilines is 1. The minimum absolute atomic E-state index is 0.170. The Hall–Kier alpha value is -3.98. The van der Waals surface area contributed by atoms with Crippen molar-refractivity contribution in [3.05, 3.63) is 94.0 Å². The van der Waals surface area contributed by atoms with E-state index in [2.05, 4.69) is 15.8 Å². The lowest BCUT2D eigenvalue weighted by molar-refractivity contribution is -0.385. The highest BCUT2D eigenvalue weighted by molar-refractivity contribution is 7.80. The fraction of sp³-hybridized carbons (Fsp3) is 0.0909. The molecule has 158 valence electrons. The number of nitro benzene ring substituents is 1. The number of nitro groups is 1. The molecule has 9 heteroatoms. The highest BCUT2D eigenvalue weighted by atomic mass is 32.1. The molecule has 0 aromatic heterocycles. The molecule has 0 saturated carbocycles. The van der Waals surface area contributed by atoms with Gasteiger partial charge in [0.2, 0.25) is 0 Å². The number of nitrogens with zero attached hydrogens (tertiary/aromatic N) is 2. The lowest BCUT2D eigenvalue weighted by Gasteiger charge is -2.12. The molecule has 0 saturated heterocycles. The number of ether oxygens (including phenoxy) is 2. The van der Waals surface area contributed by atoms with Crippen LogP contribution in [-0.2, 0) is 6.61 Å². The number of hydrazone groups is 1. The minimum Gasteiger partial charge on any atom is -0.493 e. The van der Waals surface area contributed by atoms with Crippen molar-refractivity contribution in [1.29, 1.82) is 0 Å². The first-order valence-corrected chi connectivity index (χ1v) is 9.66. The van der Waals surface area contributed by atoms with Crippen molar-refractivity contribution < 1.29 is 14.4 Å². The van der Waals surface area contributed by atoms with Crippen LogP contribution in [0.2, 0.25) is 0 Å². The summed E-state index contributed by atoms with van der Waals surface area (Å²) >= 11 is 5.17. The van der Waals surface area contributed by atoms with Gasteiger partial charge < -0.3 is 14.8 Å². The van der Waals surface area contributed by atoms with Crippen LogP contribution in [0.5, 0.6) is 11.5 Å².